The number of amides is 1. The SMILES string of the molecule is COc1ccc(C2/C(=C(\O)c3cc(Cl)c(OC)c(Cl)c3)C(=O)C(=O)N2c2nc3ccccc3[nH]2)cc1OC. The number of aliphatic hydroxyl groups excluding tert-OH is 1. The number of hydrogen-bond donors (Lipinski definition) is 2. The van der Waals surface area contributed by atoms with Gasteiger partial charge < -0.3 is 24.3 Å². The molecule has 1 atom stereocenters. The van der Waals surface area contributed by atoms with Gasteiger partial charge in [0.05, 0.1) is 54.0 Å². The summed E-state index contributed by atoms with van der Waals surface area (Å²) in [6.45, 7) is 0. The van der Waals surface area contributed by atoms with E-state index in [0.717, 1.165) is 0 Å². The molecule has 0 bridgehead atoms. The van der Waals surface area contributed by atoms with Crippen LogP contribution in [-0.4, -0.2) is 48.1 Å². The molecule has 0 radical (unpaired) electrons. The Morgan fingerprint density at radius 1 is 0.947 bits per heavy atom. The van der Waals surface area contributed by atoms with Crippen LogP contribution in [0.3, 0.4) is 0 Å². The van der Waals surface area contributed by atoms with E-state index in [1.165, 1.54) is 38.4 Å². The molecule has 194 valence electrons. The Morgan fingerprint density at radius 2 is 1.63 bits per heavy atom. The summed E-state index contributed by atoms with van der Waals surface area (Å²) >= 11 is 12.6. The zero-order chi connectivity index (χ0) is 27.1. The molecule has 1 amide bonds. The number of fused-ring (bicyclic) bond motifs is 1. The Balaban J connectivity index is 1.76. The smallest absolute Gasteiger partial charge is 0.302 e. The number of carbonyl (C=O) groups is 2. The molecule has 0 saturated carbocycles. The molecule has 2 heterocycles. The van der Waals surface area contributed by atoms with Crippen molar-refractivity contribution >= 4 is 57.6 Å². The Morgan fingerprint density at radius 3 is 2.26 bits per heavy atom. The molecular weight excluding hydrogens is 533 g/mol. The van der Waals surface area contributed by atoms with Crippen molar-refractivity contribution in [3.8, 4) is 17.2 Å². The predicted octanol–water partition coefficient (Wildman–Crippen LogP) is 5.52. The molecule has 1 aliphatic rings. The normalized spacial score (nSPS) is 16.8. The molecule has 38 heavy (non-hydrogen) atoms. The number of aromatic nitrogens is 2. The summed E-state index contributed by atoms with van der Waals surface area (Å²) in [4.78, 5) is 35.8. The van der Waals surface area contributed by atoms with Gasteiger partial charge >= 0.3 is 5.91 Å². The molecule has 2 N–H and O–H groups in total. The van der Waals surface area contributed by atoms with Crippen molar-refractivity contribution in [1.29, 1.82) is 0 Å². The fourth-order valence-corrected chi connectivity index (χ4v) is 5.13. The number of halogens is 2. The number of carbonyl (C=O) groups excluding carboxylic acids is 2. The Labute approximate surface area is 227 Å². The van der Waals surface area contributed by atoms with Crippen molar-refractivity contribution in [2.75, 3.05) is 26.2 Å². The summed E-state index contributed by atoms with van der Waals surface area (Å²) in [5, 5.41) is 11.7. The maximum atomic E-state index is 13.5. The lowest BCUT2D eigenvalue weighted by Crippen LogP contribution is -2.30. The van der Waals surface area contributed by atoms with Crippen LogP contribution < -0.4 is 19.1 Å². The van der Waals surface area contributed by atoms with Crippen LogP contribution in [-0.2, 0) is 9.59 Å². The van der Waals surface area contributed by atoms with Gasteiger partial charge in [0.2, 0.25) is 5.95 Å². The molecule has 1 saturated heterocycles. The van der Waals surface area contributed by atoms with Crippen LogP contribution >= 0.6 is 23.2 Å². The van der Waals surface area contributed by atoms with Crippen LogP contribution in [0.25, 0.3) is 16.8 Å². The number of hydrogen-bond acceptors (Lipinski definition) is 7. The average molecular weight is 554 g/mol. The van der Waals surface area contributed by atoms with Gasteiger partial charge in [-0.3, -0.25) is 14.5 Å². The van der Waals surface area contributed by atoms with Gasteiger partial charge in [-0.05, 0) is 42.0 Å². The highest BCUT2D eigenvalue weighted by Gasteiger charge is 2.48. The first-order valence-electron chi connectivity index (χ1n) is 11.3. The third kappa shape index (κ3) is 4.09. The van der Waals surface area contributed by atoms with E-state index in [4.69, 9.17) is 37.4 Å². The topological polar surface area (TPSA) is 114 Å². The summed E-state index contributed by atoms with van der Waals surface area (Å²) in [6, 6.07) is 13.9. The molecule has 1 unspecified atom stereocenters. The Kier molecular flexibility index (Phi) is 6.64. The third-order valence-electron chi connectivity index (χ3n) is 6.25. The summed E-state index contributed by atoms with van der Waals surface area (Å²) in [5.41, 5.74) is 1.69. The summed E-state index contributed by atoms with van der Waals surface area (Å²) in [5.74, 6) is -1.08. The number of para-hydroxylation sites is 2. The number of methoxy groups -OCH3 is 3. The van der Waals surface area contributed by atoms with Gasteiger partial charge in [0.1, 0.15) is 5.76 Å². The minimum absolute atomic E-state index is 0.121. The highest BCUT2D eigenvalue weighted by Crippen LogP contribution is 2.45. The highest BCUT2D eigenvalue weighted by molar-refractivity contribution is 6.51. The van der Waals surface area contributed by atoms with E-state index < -0.39 is 23.5 Å². The highest BCUT2D eigenvalue weighted by atomic mass is 35.5. The van der Waals surface area contributed by atoms with E-state index in [1.807, 2.05) is 12.1 Å². The maximum Gasteiger partial charge on any atom is 0.302 e. The number of Topliss-reactive ketones (excluding diaryl/α,β-unsaturated/α-hetero) is 1. The van der Waals surface area contributed by atoms with Crippen LogP contribution in [0.1, 0.15) is 17.2 Å². The minimum Gasteiger partial charge on any atom is -0.507 e. The molecule has 1 aromatic heterocycles. The van der Waals surface area contributed by atoms with E-state index in [1.54, 1.807) is 30.3 Å². The fraction of sp³-hybridized carbons (Fsp3) is 0.148. The largest absolute Gasteiger partial charge is 0.507 e. The van der Waals surface area contributed by atoms with Crippen molar-refractivity contribution in [2.24, 2.45) is 0 Å². The van der Waals surface area contributed by atoms with Crippen molar-refractivity contribution in [3.63, 3.8) is 0 Å². The van der Waals surface area contributed by atoms with Crippen LogP contribution in [0.5, 0.6) is 17.2 Å². The fourth-order valence-electron chi connectivity index (χ4n) is 4.49. The first kappa shape index (κ1) is 25.4. The lowest BCUT2D eigenvalue weighted by atomic mass is 9.95. The van der Waals surface area contributed by atoms with Crippen LogP contribution in [0, 0.1) is 0 Å². The van der Waals surface area contributed by atoms with Crippen LogP contribution in [0.4, 0.5) is 5.95 Å². The number of anilines is 1. The number of benzene rings is 3. The lowest BCUT2D eigenvalue weighted by Gasteiger charge is -2.24. The Hall–Kier alpha value is -4.21. The van der Waals surface area contributed by atoms with Crippen molar-refractivity contribution < 1.29 is 28.9 Å². The molecule has 3 aromatic carbocycles. The molecule has 1 fully saturated rings. The van der Waals surface area contributed by atoms with Gasteiger partial charge in [0.15, 0.2) is 17.2 Å². The van der Waals surface area contributed by atoms with E-state index in [-0.39, 0.29) is 32.9 Å². The number of ether oxygens (including phenoxy) is 3. The minimum atomic E-state index is -1.07. The van der Waals surface area contributed by atoms with Gasteiger partial charge in [0.25, 0.3) is 5.78 Å². The molecule has 9 nitrogen and oxygen atoms in total. The van der Waals surface area contributed by atoms with E-state index in [0.29, 0.717) is 28.1 Å². The molecule has 4 aromatic rings. The summed E-state index contributed by atoms with van der Waals surface area (Å²) < 4.78 is 16.0. The summed E-state index contributed by atoms with van der Waals surface area (Å²) in [7, 11) is 4.37. The zero-order valence-corrected chi connectivity index (χ0v) is 21.9. The molecular formula is C27H21Cl2N3O6. The van der Waals surface area contributed by atoms with Crippen molar-refractivity contribution in [1.82, 2.24) is 9.97 Å². The number of aromatic amines is 1. The second-order valence-corrected chi connectivity index (χ2v) is 9.15. The van der Waals surface area contributed by atoms with Gasteiger partial charge in [-0.15, -0.1) is 0 Å². The second-order valence-electron chi connectivity index (χ2n) is 8.33. The van der Waals surface area contributed by atoms with Gasteiger partial charge in [-0.1, -0.05) is 41.4 Å². The number of rotatable bonds is 6. The standard InChI is InChI=1S/C27H21Cl2N3O6/c1-36-19-9-8-13(12-20(19)37-2)22-21(23(33)14-10-15(28)25(38-3)16(29)11-14)24(34)26(35)32(22)27-30-17-6-4-5-7-18(17)31-27/h4-12,22,33H,1-3H3,(H,30,31)/b23-21+. The van der Waals surface area contributed by atoms with E-state index in [9.17, 15) is 14.7 Å². The summed E-state index contributed by atoms with van der Waals surface area (Å²) in [6.07, 6.45) is 0. The molecule has 0 aliphatic carbocycles. The third-order valence-corrected chi connectivity index (χ3v) is 6.81. The lowest BCUT2D eigenvalue weighted by molar-refractivity contribution is -0.132. The van der Waals surface area contributed by atoms with Crippen LogP contribution in [0.15, 0.2) is 60.2 Å². The molecule has 11 heteroatoms. The maximum absolute atomic E-state index is 13.5. The van der Waals surface area contributed by atoms with Crippen molar-refractivity contribution in [3.05, 3.63) is 81.3 Å². The number of nitrogens with one attached hydrogen (secondary N) is 1. The Bertz CT molecular complexity index is 1570. The van der Waals surface area contributed by atoms with Gasteiger partial charge in [-0.2, -0.15) is 0 Å². The molecule has 5 rings (SSSR count). The number of nitrogens with zero attached hydrogens (tertiary/aromatic N) is 2. The molecule has 0 spiro atoms. The van der Waals surface area contributed by atoms with Gasteiger partial charge in [0, 0.05) is 5.56 Å². The van der Waals surface area contributed by atoms with E-state index in [2.05, 4.69) is 9.97 Å². The first-order chi connectivity index (χ1) is 18.3. The molecule has 1 aliphatic heterocycles. The van der Waals surface area contributed by atoms with Crippen molar-refractivity contribution in [2.45, 2.75) is 6.04 Å². The predicted molar refractivity (Wildman–Crippen MR) is 143 cm³/mol. The van der Waals surface area contributed by atoms with Gasteiger partial charge in [-0.25, -0.2) is 4.98 Å². The number of imidazole rings is 1. The van der Waals surface area contributed by atoms with Crippen LogP contribution in [0.2, 0.25) is 10.0 Å². The number of H-pyrrole nitrogens is 1. The average Bonchev–Trinajstić information content (AvgIpc) is 3.45. The zero-order valence-electron chi connectivity index (χ0n) is 20.4. The number of aliphatic hydroxyl groups is 1. The second kappa shape index (κ2) is 9.92. The quantitative estimate of drug-likeness (QED) is 0.183. The monoisotopic (exact) mass is 553 g/mol. The van der Waals surface area contributed by atoms with E-state index >= 15 is 0 Å². The number of ketones is 1. The first-order valence-corrected chi connectivity index (χ1v) is 12.1.